The minimum absolute atomic E-state index is 0.587. The Bertz CT molecular complexity index is 1760. The Hall–Kier alpha value is -5.07. The summed E-state index contributed by atoms with van der Waals surface area (Å²) < 4.78 is 14.1. The van der Waals surface area contributed by atoms with Gasteiger partial charge in [0.15, 0.2) is 0 Å². The van der Waals surface area contributed by atoms with Gasteiger partial charge in [-0.2, -0.15) is 10.4 Å². The van der Waals surface area contributed by atoms with Crippen LogP contribution < -0.4 is 7.58 Å². The van der Waals surface area contributed by atoms with E-state index in [2.05, 4.69) is 54.6 Å². The van der Waals surface area contributed by atoms with Gasteiger partial charge in [0.25, 0.3) is 0 Å². The molecule has 0 fully saturated rings. The molecule has 0 aliphatic rings. The number of aromatic nitrogens is 2. The average Bonchev–Trinajstić information content (AvgIpc) is 3.43. The molecule has 0 aliphatic carbocycles. The van der Waals surface area contributed by atoms with Gasteiger partial charge in [0.05, 0.1) is 23.1 Å². The molecule has 0 spiro atoms. The molecule has 0 saturated heterocycles. The van der Waals surface area contributed by atoms with E-state index in [1.165, 1.54) is 0 Å². The van der Waals surface area contributed by atoms with Gasteiger partial charge in [-0.15, -0.1) is 0 Å². The van der Waals surface area contributed by atoms with E-state index in [1.807, 2.05) is 71.4 Å². The zero-order chi connectivity index (χ0) is 27.1. The highest BCUT2D eigenvalue weighted by molar-refractivity contribution is 6.21. The van der Waals surface area contributed by atoms with Crippen molar-refractivity contribution in [1.82, 2.24) is 9.78 Å². The lowest BCUT2D eigenvalue weighted by molar-refractivity contribution is 0.457. The van der Waals surface area contributed by atoms with Gasteiger partial charge < -0.3 is 7.58 Å². The number of rotatable bonds is 8. The van der Waals surface area contributed by atoms with E-state index in [9.17, 15) is 0 Å². The third kappa shape index (κ3) is 5.26. The van der Waals surface area contributed by atoms with Crippen molar-refractivity contribution < 1.29 is 7.58 Å². The van der Waals surface area contributed by atoms with Crippen molar-refractivity contribution in [2.45, 2.75) is 0 Å². The first-order chi connectivity index (χ1) is 19.8. The van der Waals surface area contributed by atoms with Crippen LogP contribution in [0.3, 0.4) is 0 Å². The molecule has 0 unspecified atom stereocenters. The van der Waals surface area contributed by atoms with E-state index in [0.29, 0.717) is 17.1 Å². The maximum absolute atomic E-state index is 9.04. The van der Waals surface area contributed by atoms with E-state index in [0.717, 1.165) is 39.3 Å². The molecular weight excluding hydrogens is 509 g/mol. The van der Waals surface area contributed by atoms with Crippen molar-refractivity contribution in [2.75, 3.05) is 0 Å². The lowest BCUT2D eigenvalue weighted by atomic mass is 9.96. The normalized spacial score (nSPS) is 10.5. The van der Waals surface area contributed by atoms with Crippen molar-refractivity contribution >= 4 is 15.9 Å². The SMILES string of the molecule is N#Cc1ccc([O][Al][O]c2ccccc2-n2nc(-c3ccccc3)c(-c3ccccc3)c2-c2ccccc2)cc1. The van der Waals surface area contributed by atoms with Crippen LogP contribution in [0.1, 0.15) is 5.56 Å². The zero-order valence-corrected chi connectivity index (χ0v) is 22.7. The molecule has 0 N–H and O–H groups in total. The topological polar surface area (TPSA) is 60.1 Å². The number of benzene rings is 5. The highest BCUT2D eigenvalue weighted by Gasteiger charge is 2.24. The maximum atomic E-state index is 9.04. The van der Waals surface area contributed by atoms with Crippen LogP contribution in [0.4, 0.5) is 0 Å². The first kappa shape index (κ1) is 25.2. The smallest absolute Gasteiger partial charge is 0.616 e. The molecule has 0 amide bonds. The minimum Gasteiger partial charge on any atom is -0.616 e. The quantitative estimate of drug-likeness (QED) is 0.188. The van der Waals surface area contributed by atoms with Crippen molar-refractivity contribution in [3.8, 4) is 56.9 Å². The van der Waals surface area contributed by atoms with Crippen LogP contribution in [0.5, 0.6) is 11.5 Å². The van der Waals surface area contributed by atoms with Crippen LogP contribution in [0.2, 0.25) is 0 Å². The van der Waals surface area contributed by atoms with Gasteiger partial charge in [-0.05, 0) is 42.0 Å². The molecule has 5 nitrogen and oxygen atoms in total. The maximum Gasteiger partial charge on any atom is 0.881 e. The Morgan fingerprint density at radius 3 is 1.82 bits per heavy atom. The number of hydrogen-bond acceptors (Lipinski definition) is 4. The molecule has 6 rings (SSSR count). The van der Waals surface area contributed by atoms with Crippen LogP contribution in [0.15, 0.2) is 140 Å². The second kappa shape index (κ2) is 11.8. The minimum atomic E-state index is -0.859. The zero-order valence-electron chi connectivity index (χ0n) is 21.5. The van der Waals surface area contributed by atoms with Crippen molar-refractivity contribution in [2.24, 2.45) is 0 Å². The lowest BCUT2D eigenvalue weighted by Gasteiger charge is -2.15. The molecular formula is C34H23AlN3O2. The molecule has 1 radical (unpaired) electrons. The van der Waals surface area contributed by atoms with E-state index < -0.39 is 15.9 Å². The molecule has 40 heavy (non-hydrogen) atoms. The predicted octanol–water partition coefficient (Wildman–Crippen LogP) is 7.74. The molecule has 0 aliphatic heterocycles. The molecule has 0 saturated carbocycles. The van der Waals surface area contributed by atoms with Crippen LogP contribution >= 0.6 is 0 Å². The summed E-state index contributed by atoms with van der Waals surface area (Å²) in [5, 5.41) is 14.3. The van der Waals surface area contributed by atoms with Crippen LogP contribution in [-0.2, 0) is 0 Å². The van der Waals surface area contributed by atoms with Gasteiger partial charge in [0.1, 0.15) is 17.1 Å². The van der Waals surface area contributed by atoms with E-state index >= 15 is 0 Å². The lowest BCUT2D eigenvalue weighted by Crippen LogP contribution is -2.13. The molecule has 6 heteroatoms. The third-order valence-corrected chi connectivity index (χ3v) is 7.20. The van der Waals surface area contributed by atoms with Gasteiger partial charge in [0.2, 0.25) is 0 Å². The Morgan fingerprint density at radius 2 is 1.18 bits per heavy atom. The van der Waals surface area contributed by atoms with Crippen molar-refractivity contribution in [3.63, 3.8) is 0 Å². The largest absolute Gasteiger partial charge is 0.881 e. The first-order valence-corrected chi connectivity index (χ1v) is 13.8. The van der Waals surface area contributed by atoms with E-state index in [1.54, 1.807) is 24.3 Å². The summed E-state index contributed by atoms with van der Waals surface area (Å²) in [6.07, 6.45) is 0. The summed E-state index contributed by atoms with van der Waals surface area (Å²) in [6, 6.07) is 48.0. The third-order valence-electron chi connectivity index (χ3n) is 6.48. The molecule has 189 valence electrons. The number of nitriles is 1. The van der Waals surface area contributed by atoms with Gasteiger partial charge in [-0.25, -0.2) is 4.68 Å². The molecule has 0 bridgehead atoms. The van der Waals surface area contributed by atoms with Crippen molar-refractivity contribution in [1.29, 1.82) is 5.26 Å². The van der Waals surface area contributed by atoms with Crippen LogP contribution in [0.25, 0.3) is 39.3 Å². The Balaban J connectivity index is 1.47. The van der Waals surface area contributed by atoms with Gasteiger partial charge in [-0.3, -0.25) is 0 Å². The first-order valence-electron chi connectivity index (χ1n) is 12.9. The number of hydrogen-bond donors (Lipinski definition) is 0. The Labute approximate surface area is 239 Å². The fourth-order valence-electron chi connectivity index (χ4n) is 4.60. The molecule has 1 aromatic heterocycles. The summed E-state index contributed by atoms with van der Waals surface area (Å²) in [6.45, 7) is 0. The summed E-state index contributed by atoms with van der Waals surface area (Å²) in [5.74, 6) is 1.33. The standard InChI is InChI=1S/C27H20N2O.C7H5NO.Al/c30-24-19-11-10-18-23(24)29-27(22-16-8-3-9-17-22)25(20-12-4-1-5-13-20)26(28-29)21-14-6-2-7-15-21;8-5-6-1-3-7(9)4-2-6;/h1-19,30H;1-4,9H;/q;;+2/p-2. The summed E-state index contributed by atoms with van der Waals surface area (Å²) in [4.78, 5) is 0. The second-order valence-corrected chi connectivity index (χ2v) is 9.68. The molecule has 6 aromatic rings. The summed E-state index contributed by atoms with van der Waals surface area (Å²) in [5.41, 5.74) is 7.48. The monoisotopic (exact) mass is 532 g/mol. The van der Waals surface area contributed by atoms with Crippen LogP contribution in [0, 0.1) is 11.3 Å². The Morgan fingerprint density at radius 1 is 0.600 bits per heavy atom. The number of para-hydroxylation sites is 2. The van der Waals surface area contributed by atoms with E-state index in [-0.39, 0.29) is 0 Å². The number of nitrogens with zero attached hydrogens (tertiary/aromatic N) is 3. The summed E-state index contributed by atoms with van der Waals surface area (Å²) >= 11 is -0.859. The highest BCUT2D eigenvalue weighted by Crippen LogP contribution is 2.42. The average molecular weight is 533 g/mol. The summed E-state index contributed by atoms with van der Waals surface area (Å²) in [7, 11) is 0. The molecule has 0 atom stereocenters. The van der Waals surface area contributed by atoms with Gasteiger partial charge >= 0.3 is 15.9 Å². The van der Waals surface area contributed by atoms with Gasteiger partial charge in [-0.1, -0.05) is 103 Å². The fraction of sp³-hybridized carbons (Fsp3) is 0. The second-order valence-electron chi connectivity index (χ2n) is 9.02. The fourth-order valence-corrected chi connectivity index (χ4v) is 5.22. The van der Waals surface area contributed by atoms with Crippen LogP contribution in [-0.4, -0.2) is 25.7 Å². The molecule has 1 heterocycles. The predicted molar refractivity (Wildman–Crippen MR) is 158 cm³/mol. The van der Waals surface area contributed by atoms with E-state index in [4.69, 9.17) is 17.9 Å². The Kier molecular flexibility index (Phi) is 7.42. The molecule has 5 aromatic carbocycles. The highest BCUT2D eigenvalue weighted by atomic mass is 27.2. The van der Waals surface area contributed by atoms with Gasteiger partial charge in [0, 0.05) is 16.7 Å². The van der Waals surface area contributed by atoms with Crippen molar-refractivity contribution in [3.05, 3.63) is 145 Å².